The molecule has 1 aromatic heterocycles. The normalized spacial score (nSPS) is 9.46. The van der Waals surface area contributed by atoms with Gasteiger partial charge < -0.3 is 9.67 Å². The van der Waals surface area contributed by atoms with Gasteiger partial charge in [-0.2, -0.15) is 10.5 Å². The van der Waals surface area contributed by atoms with Gasteiger partial charge in [-0.1, -0.05) is 0 Å². The van der Waals surface area contributed by atoms with Crippen LogP contribution in [0.2, 0.25) is 0 Å². The molecule has 0 atom stereocenters. The molecule has 0 saturated carbocycles. The smallest absolute Gasteiger partial charge is 0.335 e. The molecule has 0 fully saturated rings. The van der Waals surface area contributed by atoms with E-state index in [9.17, 15) is 4.79 Å². The first-order valence-electron chi connectivity index (χ1n) is 6.89. The van der Waals surface area contributed by atoms with Crippen LogP contribution in [-0.4, -0.2) is 15.6 Å². The highest BCUT2D eigenvalue weighted by Gasteiger charge is 2.18. The Bertz CT molecular complexity index is 958. The number of hydrogen-bond donors (Lipinski definition) is 1. The van der Waals surface area contributed by atoms with E-state index in [1.165, 1.54) is 12.1 Å². The number of carboxylic acids is 1. The Kier molecular flexibility index (Phi) is 4.50. The van der Waals surface area contributed by atoms with E-state index in [1.54, 1.807) is 37.3 Å². The number of nitriles is 2. The van der Waals surface area contributed by atoms with Gasteiger partial charge in [0.05, 0.1) is 24.3 Å². The van der Waals surface area contributed by atoms with Crippen LogP contribution in [0.15, 0.2) is 35.9 Å². The van der Waals surface area contributed by atoms with Crippen LogP contribution in [0.5, 0.6) is 0 Å². The van der Waals surface area contributed by atoms with Crippen LogP contribution in [0.4, 0.5) is 0 Å². The monoisotopic (exact) mass is 316 g/mol. The predicted octanol–water partition coefficient (Wildman–Crippen LogP) is 3.47. The highest BCUT2D eigenvalue weighted by Crippen LogP contribution is 2.29. The summed E-state index contributed by atoms with van der Waals surface area (Å²) < 4.78 is 1.85. The lowest BCUT2D eigenvalue weighted by Crippen LogP contribution is -2.01. The zero-order valence-electron chi connectivity index (χ0n) is 13.0. The van der Waals surface area contributed by atoms with Gasteiger partial charge in [0.1, 0.15) is 5.57 Å². The van der Waals surface area contributed by atoms with Gasteiger partial charge >= 0.3 is 5.97 Å². The van der Waals surface area contributed by atoms with Crippen LogP contribution in [0.1, 0.15) is 27.3 Å². The minimum absolute atomic E-state index is 0.0153. The maximum Gasteiger partial charge on any atom is 0.335 e. The fourth-order valence-electron chi connectivity index (χ4n) is 2.53. The van der Waals surface area contributed by atoms with Gasteiger partial charge in [-0.15, -0.1) is 0 Å². The van der Waals surface area contributed by atoms with E-state index in [-0.39, 0.29) is 16.8 Å². The number of carboxylic acid groups (broad SMARTS) is 1. The minimum atomic E-state index is -1.01. The lowest BCUT2D eigenvalue weighted by atomic mass is 10.1. The third-order valence-corrected chi connectivity index (χ3v) is 3.63. The van der Waals surface area contributed by atoms with Gasteiger partial charge in [0.15, 0.2) is 0 Å². The first-order chi connectivity index (χ1) is 11.4. The number of carbonyl (C=O) groups is 1. The minimum Gasteiger partial charge on any atom is -0.478 e. The van der Waals surface area contributed by atoms with Crippen molar-refractivity contribution in [2.75, 3.05) is 0 Å². The molecule has 0 saturated heterocycles. The number of benzene rings is 1. The molecule has 1 heterocycles. The maximum atomic E-state index is 10.9. The summed E-state index contributed by atoms with van der Waals surface area (Å²) in [6, 6.07) is 11.6. The van der Waals surface area contributed by atoms with Crippen molar-refractivity contribution in [2.24, 2.45) is 0 Å². The van der Waals surface area contributed by atoms with Crippen molar-refractivity contribution in [2.45, 2.75) is 13.8 Å². The quantitative estimate of drug-likeness (QED) is 0.693. The topological polar surface area (TPSA) is 94.2 Å². The molecule has 6 nitrogen and oxygen atoms in total. The first kappa shape index (κ1) is 16.5. The molecule has 0 bridgehead atoms. The largest absolute Gasteiger partial charge is 0.478 e. The molecule has 2 rings (SSSR count). The molecule has 0 spiro atoms. The van der Waals surface area contributed by atoms with Crippen LogP contribution < -0.4 is 0 Å². The number of rotatable bonds is 3. The number of nitrogens with zero attached hydrogens (tertiary/aromatic N) is 4. The third-order valence-electron chi connectivity index (χ3n) is 3.63. The lowest BCUT2D eigenvalue weighted by molar-refractivity contribution is 0.0697. The highest BCUT2D eigenvalue weighted by atomic mass is 16.4. The Morgan fingerprint density at radius 1 is 1.21 bits per heavy atom. The van der Waals surface area contributed by atoms with Gasteiger partial charge in [0.2, 0.25) is 5.70 Å². The average molecular weight is 316 g/mol. The van der Waals surface area contributed by atoms with Gasteiger partial charge in [-0.25, -0.2) is 9.64 Å². The van der Waals surface area contributed by atoms with Crippen LogP contribution in [0, 0.1) is 43.1 Å². The molecule has 0 unspecified atom stereocenters. The molecule has 24 heavy (non-hydrogen) atoms. The molecule has 0 aliphatic rings. The van der Waals surface area contributed by atoms with Crippen molar-refractivity contribution in [3.8, 4) is 17.8 Å². The molecule has 0 aliphatic heterocycles. The van der Waals surface area contributed by atoms with Crippen LogP contribution >= 0.6 is 0 Å². The Morgan fingerprint density at radius 3 is 2.25 bits per heavy atom. The fraction of sp³-hybridized carbons (Fsp3) is 0.111. The summed E-state index contributed by atoms with van der Waals surface area (Å²) in [6.45, 7) is 10.9. The summed E-state index contributed by atoms with van der Waals surface area (Å²) in [4.78, 5) is 14.3. The van der Waals surface area contributed by atoms with Crippen molar-refractivity contribution >= 4 is 11.7 Å². The van der Waals surface area contributed by atoms with Gasteiger partial charge in [0, 0.05) is 22.6 Å². The van der Waals surface area contributed by atoms with E-state index < -0.39 is 5.97 Å². The maximum absolute atomic E-state index is 10.9. The zero-order valence-corrected chi connectivity index (χ0v) is 13.0. The highest BCUT2D eigenvalue weighted by molar-refractivity contribution is 5.87. The van der Waals surface area contributed by atoms with Gasteiger partial charge in [-0.05, 0) is 44.2 Å². The Labute approximate surface area is 138 Å². The third kappa shape index (κ3) is 2.75. The molecular formula is C18H12N4O2. The summed E-state index contributed by atoms with van der Waals surface area (Å²) in [7, 11) is 0. The molecule has 1 aromatic carbocycles. The van der Waals surface area contributed by atoms with E-state index in [0.29, 0.717) is 11.3 Å². The Morgan fingerprint density at radius 2 is 1.79 bits per heavy atom. The number of aromatic nitrogens is 1. The predicted molar refractivity (Wildman–Crippen MR) is 87.0 cm³/mol. The molecule has 0 radical (unpaired) electrons. The molecule has 116 valence electrons. The average Bonchev–Trinajstić information content (AvgIpc) is 2.87. The molecule has 1 N–H and O–H groups in total. The van der Waals surface area contributed by atoms with Crippen LogP contribution in [-0.2, 0) is 0 Å². The number of allylic oxidation sites excluding steroid dienone is 1. The summed E-state index contributed by atoms with van der Waals surface area (Å²) in [5.74, 6) is -1.01. The van der Waals surface area contributed by atoms with Crippen molar-refractivity contribution in [1.82, 2.24) is 4.57 Å². The molecule has 0 aliphatic carbocycles. The van der Waals surface area contributed by atoms with Crippen LogP contribution in [0.3, 0.4) is 0 Å². The van der Waals surface area contributed by atoms with E-state index in [1.807, 2.05) is 11.5 Å². The molecule has 6 heteroatoms. The summed E-state index contributed by atoms with van der Waals surface area (Å²) >= 11 is 0. The zero-order chi connectivity index (χ0) is 17.9. The number of aromatic carboxylic acids is 1. The van der Waals surface area contributed by atoms with Crippen molar-refractivity contribution in [3.63, 3.8) is 0 Å². The Hall–Kier alpha value is -3.82. The molecule has 0 amide bonds. The second-order valence-corrected chi connectivity index (χ2v) is 5.03. The molecular weight excluding hydrogens is 304 g/mol. The Balaban J connectivity index is 2.65. The SMILES string of the molecule is [C-]#[N+]C(=C(C#N)C#N)c1cc(C)n(-c2ccc(C(=O)O)cc2)c1C. The van der Waals surface area contributed by atoms with Crippen molar-refractivity contribution in [1.29, 1.82) is 10.5 Å². The summed E-state index contributed by atoms with van der Waals surface area (Å²) in [5, 5.41) is 27.0. The van der Waals surface area contributed by atoms with Gasteiger partial charge in [0.25, 0.3) is 0 Å². The molecule has 2 aromatic rings. The second-order valence-electron chi connectivity index (χ2n) is 5.03. The van der Waals surface area contributed by atoms with Crippen LogP contribution in [0.25, 0.3) is 16.2 Å². The van der Waals surface area contributed by atoms with E-state index in [4.69, 9.17) is 22.2 Å². The summed E-state index contributed by atoms with van der Waals surface area (Å²) in [6.07, 6.45) is 0. The lowest BCUT2D eigenvalue weighted by Gasteiger charge is -2.10. The van der Waals surface area contributed by atoms with Crippen molar-refractivity contribution < 1.29 is 9.90 Å². The van der Waals surface area contributed by atoms with E-state index >= 15 is 0 Å². The second kappa shape index (κ2) is 6.52. The number of aryl methyl sites for hydroxylation is 1. The number of hydrogen-bond acceptors (Lipinski definition) is 3. The van der Waals surface area contributed by atoms with E-state index in [2.05, 4.69) is 4.85 Å². The van der Waals surface area contributed by atoms with E-state index in [0.717, 1.165) is 11.4 Å². The van der Waals surface area contributed by atoms with Gasteiger partial charge in [-0.3, -0.25) is 0 Å². The standard InChI is InChI=1S/C18H12N4O2/c1-11-8-16(17(21-3)14(9-19)10-20)12(2)22(11)15-6-4-13(5-7-15)18(23)24/h4-8H,1-2H3,(H,23,24). The summed E-state index contributed by atoms with van der Waals surface area (Å²) in [5.41, 5.74) is 2.72. The fourth-order valence-corrected chi connectivity index (χ4v) is 2.53. The van der Waals surface area contributed by atoms with Crippen molar-refractivity contribution in [3.05, 3.63) is 69.8 Å². The first-order valence-corrected chi connectivity index (χ1v) is 6.89.